The summed E-state index contributed by atoms with van der Waals surface area (Å²) in [4.78, 5) is 24.5. The molecule has 0 saturated heterocycles. The summed E-state index contributed by atoms with van der Waals surface area (Å²) in [6.07, 6.45) is -2.58. The molecular formula is C26H20F3NO4. The number of nitrogens with one attached hydrogen (secondary N) is 1. The van der Waals surface area contributed by atoms with Gasteiger partial charge in [-0.25, -0.2) is 4.79 Å². The van der Waals surface area contributed by atoms with Crippen molar-refractivity contribution in [1.29, 1.82) is 0 Å². The molecule has 1 aliphatic heterocycles. The van der Waals surface area contributed by atoms with Crippen LogP contribution in [-0.2, 0) is 22.8 Å². The quantitative estimate of drug-likeness (QED) is 0.507. The molecule has 1 amide bonds. The van der Waals surface area contributed by atoms with E-state index in [9.17, 15) is 27.9 Å². The zero-order chi connectivity index (χ0) is 24.1. The lowest BCUT2D eigenvalue weighted by molar-refractivity contribution is -0.137. The first-order valence-electron chi connectivity index (χ1n) is 10.8. The highest BCUT2D eigenvalue weighted by atomic mass is 19.4. The number of amides is 1. The molecule has 174 valence electrons. The normalized spacial score (nSPS) is 15.9. The number of alkyl halides is 3. The molecule has 2 N–H and O–H groups in total. The highest BCUT2D eigenvalue weighted by molar-refractivity contribution is 6.02. The molecule has 1 aliphatic carbocycles. The van der Waals surface area contributed by atoms with Crippen molar-refractivity contribution in [2.24, 2.45) is 0 Å². The van der Waals surface area contributed by atoms with E-state index in [-0.39, 0.29) is 28.3 Å². The molecule has 3 aromatic rings. The molecule has 1 saturated carbocycles. The summed E-state index contributed by atoms with van der Waals surface area (Å²) in [7, 11) is 0. The average Bonchev–Trinajstić information content (AvgIpc) is 3.49. The van der Waals surface area contributed by atoms with Crippen LogP contribution in [0.3, 0.4) is 0 Å². The van der Waals surface area contributed by atoms with Crippen LogP contribution >= 0.6 is 0 Å². The van der Waals surface area contributed by atoms with Gasteiger partial charge in [0.25, 0.3) is 0 Å². The van der Waals surface area contributed by atoms with Crippen molar-refractivity contribution in [2.45, 2.75) is 30.9 Å². The van der Waals surface area contributed by atoms with Gasteiger partial charge in [-0.05, 0) is 71.5 Å². The largest absolute Gasteiger partial charge is 0.493 e. The van der Waals surface area contributed by atoms with Gasteiger partial charge in [-0.1, -0.05) is 24.3 Å². The number of carbonyl (C=O) groups is 2. The highest BCUT2D eigenvalue weighted by Crippen LogP contribution is 2.50. The van der Waals surface area contributed by atoms with Crippen LogP contribution in [-0.4, -0.2) is 23.6 Å². The number of hydrogen-bond donors (Lipinski definition) is 2. The van der Waals surface area contributed by atoms with E-state index >= 15 is 0 Å². The third-order valence-corrected chi connectivity index (χ3v) is 6.43. The number of fused-ring (bicyclic) bond motifs is 1. The number of carbonyl (C=O) groups excluding carboxylic acids is 1. The lowest BCUT2D eigenvalue weighted by Gasteiger charge is -2.19. The maximum absolute atomic E-state index is 13.7. The molecule has 5 rings (SSSR count). The van der Waals surface area contributed by atoms with E-state index in [4.69, 9.17) is 4.74 Å². The molecule has 5 nitrogen and oxygen atoms in total. The van der Waals surface area contributed by atoms with Crippen molar-refractivity contribution in [3.05, 3.63) is 82.9 Å². The Balaban J connectivity index is 1.48. The van der Waals surface area contributed by atoms with Crippen molar-refractivity contribution < 1.29 is 32.6 Å². The van der Waals surface area contributed by atoms with E-state index in [1.54, 1.807) is 0 Å². The molecular weight excluding hydrogens is 447 g/mol. The first kappa shape index (κ1) is 22.0. The smallest absolute Gasteiger partial charge is 0.417 e. The van der Waals surface area contributed by atoms with E-state index in [1.807, 2.05) is 18.2 Å². The van der Waals surface area contributed by atoms with E-state index < -0.39 is 23.1 Å². The van der Waals surface area contributed by atoms with E-state index in [0.29, 0.717) is 19.4 Å². The van der Waals surface area contributed by atoms with Crippen molar-refractivity contribution >= 4 is 17.6 Å². The van der Waals surface area contributed by atoms with Gasteiger partial charge in [-0.3, -0.25) is 4.79 Å². The second-order valence-corrected chi connectivity index (χ2v) is 8.60. The Morgan fingerprint density at radius 3 is 2.50 bits per heavy atom. The van der Waals surface area contributed by atoms with Crippen molar-refractivity contribution in [2.75, 3.05) is 11.9 Å². The first-order chi connectivity index (χ1) is 16.2. The van der Waals surface area contributed by atoms with Crippen LogP contribution < -0.4 is 10.1 Å². The Bertz CT molecular complexity index is 1310. The Labute approximate surface area is 193 Å². The zero-order valence-electron chi connectivity index (χ0n) is 17.9. The number of aromatic carboxylic acids is 1. The third-order valence-electron chi connectivity index (χ3n) is 6.43. The molecule has 34 heavy (non-hydrogen) atoms. The maximum atomic E-state index is 13.7. The minimum Gasteiger partial charge on any atom is -0.493 e. The lowest BCUT2D eigenvalue weighted by atomic mass is 9.92. The zero-order valence-corrected chi connectivity index (χ0v) is 17.9. The second-order valence-electron chi connectivity index (χ2n) is 8.60. The molecule has 1 fully saturated rings. The summed E-state index contributed by atoms with van der Waals surface area (Å²) >= 11 is 0. The van der Waals surface area contributed by atoms with E-state index in [2.05, 4.69) is 5.32 Å². The maximum Gasteiger partial charge on any atom is 0.417 e. The molecule has 8 heteroatoms. The molecule has 0 radical (unpaired) electrons. The van der Waals surface area contributed by atoms with Crippen molar-refractivity contribution in [3.63, 3.8) is 0 Å². The summed E-state index contributed by atoms with van der Waals surface area (Å²) in [5, 5.41) is 12.0. The van der Waals surface area contributed by atoms with Gasteiger partial charge in [0.2, 0.25) is 5.91 Å². The Morgan fingerprint density at radius 1 is 1.00 bits per heavy atom. The van der Waals surface area contributed by atoms with Crippen LogP contribution in [0, 0.1) is 0 Å². The minimum absolute atomic E-state index is 0.100. The fraction of sp³-hybridized carbons (Fsp3) is 0.231. The number of ether oxygens (including phenoxy) is 1. The summed E-state index contributed by atoms with van der Waals surface area (Å²) < 4.78 is 46.6. The van der Waals surface area contributed by atoms with E-state index in [1.165, 1.54) is 36.4 Å². The average molecular weight is 467 g/mol. The van der Waals surface area contributed by atoms with Gasteiger partial charge in [0, 0.05) is 12.1 Å². The summed E-state index contributed by atoms with van der Waals surface area (Å²) in [6.45, 7) is 0.607. The fourth-order valence-corrected chi connectivity index (χ4v) is 4.43. The Hall–Kier alpha value is -3.81. The van der Waals surface area contributed by atoms with Crippen LogP contribution in [0.15, 0.2) is 60.7 Å². The van der Waals surface area contributed by atoms with Crippen molar-refractivity contribution in [1.82, 2.24) is 0 Å². The summed E-state index contributed by atoms with van der Waals surface area (Å²) in [5.74, 6) is -0.706. The number of halogens is 3. The molecule has 0 spiro atoms. The number of anilines is 1. The number of hydrogen-bond acceptors (Lipinski definition) is 3. The number of carboxylic acid groups (broad SMARTS) is 1. The summed E-state index contributed by atoms with van der Waals surface area (Å²) in [5.41, 5.74) is 0.275. The van der Waals surface area contributed by atoms with Crippen LogP contribution in [0.4, 0.5) is 18.9 Å². The fourth-order valence-electron chi connectivity index (χ4n) is 4.43. The molecule has 3 aromatic carbocycles. The minimum atomic E-state index is -4.65. The predicted octanol–water partition coefficient (Wildman–Crippen LogP) is 5.68. The molecule has 0 bridgehead atoms. The third kappa shape index (κ3) is 3.89. The monoisotopic (exact) mass is 467 g/mol. The molecule has 2 aliphatic rings. The van der Waals surface area contributed by atoms with Gasteiger partial charge in [-0.15, -0.1) is 0 Å². The molecule has 0 aromatic heterocycles. The highest BCUT2D eigenvalue weighted by Gasteiger charge is 2.51. The first-order valence-corrected chi connectivity index (χ1v) is 10.8. The van der Waals surface area contributed by atoms with Crippen LogP contribution in [0.25, 0.3) is 11.1 Å². The van der Waals surface area contributed by atoms with Crippen LogP contribution in [0.5, 0.6) is 5.75 Å². The van der Waals surface area contributed by atoms with Gasteiger partial charge < -0.3 is 15.2 Å². The molecule has 1 heterocycles. The second kappa shape index (κ2) is 7.90. The topological polar surface area (TPSA) is 75.6 Å². The SMILES string of the molecule is O=C(O)c1cccc(-c2cc(NC(=O)C3(c4ccc5c(c4)CCO5)CC3)ccc2C(F)(F)F)c1. The van der Waals surface area contributed by atoms with E-state index in [0.717, 1.165) is 29.4 Å². The van der Waals surface area contributed by atoms with Crippen molar-refractivity contribution in [3.8, 4) is 16.9 Å². The van der Waals surface area contributed by atoms with Gasteiger partial charge in [0.05, 0.1) is 23.1 Å². The summed E-state index contributed by atoms with van der Waals surface area (Å²) in [6, 6.07) is 14.4. The predicted molar refractivity (Wildman–Crippen MR) is 119 cm³/mol. The molecule has 0 unspecified atom stereocenters. The van der Waals surface area contributed by atoms with Gasteiger partial charge in [-0.2, -0.15) is 13.2 Å². The number of carboxylic acids is 1. The van der Waals surface area contributed by atoms with Crippen LogP contribution in [0.2, 0.25) is 0 Å². The van der Waals surface area contributed by atoms with Crippen LogP contribution in [0.1, 0.15) is 39.9 Å². The Kier molecular flexibility index (Phi) is 5.11. The Morgan fingerprint density at radius 2 is 1.79 bits per heavy atom. The van der Waals surface area contributed by atoms with Gasteiger partial charge in [0.1, 0.15) is 5.75 Å². The van der Waals surface area contributed by atoms with Gasteiger partial charge in [0.15, 0.2) is 0 Å². The van der Waals surface area contributed by atoms with Gasteiger partial charge >= 0.3 is 12.1 Å². The number of rotatable bonds is 5. The number of benzene rings is 3. The lowest BCUT2D eigenvalue weighted by Crippen LogP contribution is -2.28. The molecule has 0 atom stereocenters. The standard InChI is InChI=1S/C26H20F3NO4/c27-26(28,29)21-6-5-19(14-20(21)15-2-1-3-17(12-15)23(31)32)30-24(33)25(9-10-25)18-4-7-22-16(13-18)8-11-34-22/h1-7,12-14H,8-11H2,(H,30,33)(H,31,32).